The number of carbonyl (C=O) groups excluding carboxylic acids is 1. The molecule has 128 valence electrons. The first-order valence-corrected chi connectivity index (χ1v) is 8.35. The second-order valence-corrected chi connectivity index (χ2v) is 6.40. The summed E-state index contributed by atoms with van der Waals surface area (Å²) in [4.78, 5) is 12.6. The fourth-order valence-corrected chi connectivity index (χ4v) is 3.31. The molecule has 24 heavy (non-hydrogen) atoms. The molecule has 1 aromatic heterocycles. The topological polar surface area (TPSA) is 63.5 Å². The standard InChI is InChI=1S/C19H24N2O3/c1-23-14-19(8-10-20-11-9-19)13-21-18(22)17-16(7-12-24-17)15-5-3-2-4-6-15/h2-7,12,20H,8-11,13-14H2,1H3,(H,21,22). The third kappa shape index (κ3) is 3.68. The van der Waals surface area contributed by atoms with Gasteiger partial charge < -0.3 is 19.8 Å². The van der Waals surface area contributed by atoms with E-state index in [1.807, 2.05) is 36.4 Å². The summed E-state index contributed by atoms with van der Waals surface area (Å²) in [6, 6.07) is 11.6. The number of hydrogen-bond donors (Lipinski definition) is 2. The molecule has 2 N–H and O–H groups in total. The van der Waals surface area contributed by atoms with Gasteiger partial charge in [0.2, 0.25) is 0 Å². The molecule has 1 amide bonds. The molecule has 1 aromatic carbocycles. The fraction of sp³-hybridized carbons (Fsp3) is 0.421. The summed E-state index contributed by atoms with van der Waals surface area (Å²) < 4.78 is 10.9. The molecule has 2 heterocycles. The monoisotopic (exact) mass is 328 g/mol. The molecule has 5 nitrogen and oxygen atoms in total. The zero-order chi connectivity index (χ0) is 16.8. The predicted octanol–water partition coefficient (Wildman–Crippen LogP) is 2.69. The van der Waals surface area contributed by atoms with E-state index < -0.39 is 0 Å². The summed E-state index contributed by atoms with van der Waals surface area (Å²) in [7, 11) is 1.71. The number of rotatable bonds is 6. The van der Waals surface area contributed by atoms with E-state index in [2.05, 4.69) is 10.6 Å². The van der Waals surface area contributed by atoms with E-state index in [4.69, 9.17) is 9.15 Å². The van der Waals surface area contributed by atoms with Gasteiger partial charge in [-0.05, 0) is 37.6 Å². The van der Waals surface area contributed by atoms with Crippen molar-refractivity contribution >= 4 is 5.91 Å². The molecular weight excluding hydrogens is 304 g/mol. The molecule has 3 rings (SSSR count). The molecule has 0 aliphatic carbocycles. The molecule has 1 aliphatic rings. The number of nitrogens with one attached hydrogen (secondary N) is 2. The zero-order valence-corrected chi connectivity index (χ0v) is 14.0. The molecule has 0 unspecified atom stereocenters. The first kappa shape index (κ1) is 16.7. The minimum Gasteiger partial charge on any atom is -0.459 e. The van der Waals surface area contributed by atoms with Crippen LogP contribution in [0.4, 0.5) is 0 Å². The van der Waals surface area contributed by atoms with E-state index in [-0.39, 0.29) is 11.3 Å². The number of carbonyl (C=O) groups is 1. The summed E-state index contributed by atoms with van der Waals surface area (Å²) in [5.41, 5.74) is 1.79. The van der Waals surface area contributed by atoms with Gasteiger partial charge in [0.05, 0.1) is 12.9 Å². The van der Waals surface area contributed by atoms with E-state index in [9.17, 15) is 4.79 Å². The first-order valence-electron chi connectivity index (χ1n) is 8.35. The SMILES string of the molecule is COCC1(CNC(=O)c2occc2-c2ccccc2)CCNCC1. The van der Waals surface area contributed by atoms with Crippen LogP contribution >= 0.6 is 0 Å². The van der Waals surface area contributed by atoms with Crippen molar-refractivity contribution in [3.8, 4) is 11.1 Å². The molecular formula is C19H24N2O3. The van der Waals surface area contributed by atoms with Gasteiger partial charge in [-0.25, -0.2) is 0 Å². The number of furan rings is 1. The van der Waals surface area contributed by atoms with E-state index in [0.717, 1.165) is 37.1 Å². The Morgan fingerprint density at radius 2 is 2.00 bits per heavy atom. The Bertz CT molecular complexity index is 655. The minimum absolute atomic E-state index is 0.00480. The van der Waals surface area contributed by atoms with Crippen molar-refractivity contribution in [1.29, 1.82) is 0 Å². The molecule has 2 aromatic rings. The quantitative estimate of drug-likeness (QED) is 0.856. The van der Waals surface area contributed by atoms with Gasteiger partial charge in [0.15, 0.2) is 5.76 Å². The van der Waals surface area contributed by atoms with Gasteiger partial charge in [0.25, 0.3) is 5.91 Å². The third-order valence-corrected chi connectivity index (χ3v) is 4.69. The van der Waals surface area contributed by atoms with Crippen molar-refractivity contribution in [3.05, 3.63) is 48.4 Å². The van der Waals surface area contributed by atoms with Gasteiger partial charge in [-0.2, -0.15) is 0 Å². The Kier molecular flexibility index (Phi) is 5.33. The van der Waals surface area contributed by atoms with Gasteiger partial charge in [-0.1, -0.05) is 30.3 Å². The second kappa shape index (κ2) is 7.64. The number of hydrogen-bond acceptors (Lipinski definition) is 4. The third-order valence-electron chi connectivity index (χ3n) is 4.69. The molecule has 1 fully saturated rings. The Morgan fingerprint density at radius 3 is 2.71 bits per heavy atom. The van der Waals surface area contributed by atoms with Crippen LogP contribution in [0.15, 0.2) is 47.1 Å². The highest BCUT2D eigenvalue weighted by Crippen LogP contribution is 2.29. The van der Waals surface area contributed by atoms with Crippen molar-refractivity contribution in [3.63, 3.8) is 0 Å². The van der Waals surface area contributed by atoms with Gasteiger partial charge in [0.1, 0.15) is 0 Å². The number of piperidine rings is 1. The maximum Gasteiger partial charge on any atom is 0.287 e. The maximum absolute atomic E-state index is 12.6. The lowest BCUT2D eigenvalue weighted by Crippen LogP contribution is -2.47. The van der Waals surface area contributed by atoms with E-state index in [1.54, 1.807) is 13.4 Å². The molecule has 5 heteroatoms. The number of ether oxygens (including phenoxy) is 1. The lowest BCUT2D eigenvalue weighted by atomic mass is 9.79. The molecule has 0 saturated carbocycles. The summed E-state index contributed by atoms with van der Waals surface area (Å²) in [6.45, 7) is 3.15. The van der Waals surface area contributed by atoms with Crippen LogP contribution in [-0.2, 0) is 4.74 Å². The number of methoxy groups -OCH3 is 1. The average Bonchev–Trinajstić information content (AvgIpc) is 3.11. The number of benzene rings is 1. The summed E-state index contributed by atoms with van der Waals surface area (Å²) in [5, 5.41) is 6.41. The normalized spacial score (nSPS) is 16.7. The molecule has 0 bridgehead atoms. The highest BCUT2D eigenvalue weighted by atomic mass is 16.5. The highest BCUT2D eigenvalue weighted by molar-refractivity contribution is 5.98. The second-order valence-electron chi connectivity index (χ2n) is 6.40. The largest absolute Gasteiger partial charge is 0.459 e. The van der Waals surface area contributed by atoms with Crippen LogP contribution in [0.25, 0.3) is 11.1 Å². The van der Waals surface area contributed by atoms with Crippen LogP contribution in [0.5, 0.6) is 0 Å². The predicted molar refractivity (Wildman–Crippen MR) is 92.9 cm³/mol. The first-order chi connectivity index (χ1) is 11.7. The smallest absolute Gasteiger partial charge is 0.287 e. The van der Waals surface area contributed by atoms with Crippen molar-refractivity contribution in [2.75, 3.05) is 33.4 Å². The highest BCUT2D eigenvalue weighted by Gasteiger charge is 2.33. The summed E-state index contributed by atoms with van der Waals surface area (Å²) >= 11 is 0. The van der Waals surface area contributed by atoms with E-state index in [0.29, 0.717) is 18.9 Å². The van der Waals surface area contributed by atoms with Gasteiger partial charge in [-0.3, -0.25) is 4.79 Å². The van der Waals surface area contributed by atoms with Gasteiger partial charge in [-0.15, -0.1) is 0 Å². The Labute approximate surface area is 142 Å². The molecule has 0 radical (unpaired) electrons. The Morgan fingerprint density at radius 1 is 1.25 bits per heavy atom. The van der Waals surface area contributed by atoms with Crippen LogP contribution in [-0.4, -0.2) is 39.3 Å². The fourth-order valence-electron chi connectivity index (χ4n) is 3.31. The Hall–Kier alpha value is -2.11. The number of amides is 1. The molecule has 1 aliphatic heterocycles. The average molecular weight is 328 g/mol. The molecule has 1 saturated heterocycles. The van der Waals surface area contributed by atoms with Crippen LogP contribution < -0.4 is 10.6 Å². The lowest BCUT2D eigenvalue weighted by molar-refractivity contribution is 0.0506. The summed E-state index contributed by atoms with van der Waals surface area (Å²) in [5.74, 6) is 0.190. The van der Waals surface area contributed by atoms with Crippen LogP contribution in [0, 0.1) is 5.41 Å². The lowest BCUT2D eigenvalue weighted by Gasteiger charge is -2.37. The van der Waals surface area contributed by atoms with E-state index in [1.165, 1.54) is 0 Å². The van der Waals surface area contributed by atoms with Gasteiger partial charge in [0, 0.05) is 24.6 Å². The summed E-state index contributed by atoms with van der Waals surface area (Å²) in [6.07, 6.45) is 3.54. The van der Waals surface area contributed by atoms with Crippen LogP contribution in [0.2, 0.25) is 0 Å². The van der Waals surface area contributed by atoms with Crippen molar-refractivity contribution in [1.82, 2.24) is 10.6 Å². The molecule has 0 atom stereocenters. The zero-order valence-electron chi connectivity index (χ0n) is 14.0. The minimum atomic E-state index is -0.173. The Balaban J connectivity index is 1.70. The van der Waals surface area contributed by atoms with Crippen molar-refractivity contribution < 1.29 is 13.9 Å². The van der Waals surface area contributed by atoms with Crippen molar-refractivity contribution in [2.24, 2.45) is 5.41 Å². The maximum atomic E-state index is 12.6. The molecule has 0 spiro atoms. The van der Waals surface area contributed by atoms with Crippen LogP contribution in [0.3, 0.4) is 0 Å². The van der Waals surface area contributed by atoms with Gasteiger partial charge >= 0.3 is 0 Å². The van der Waals surface area contributed by atoms with Crippen LogP contribution in [0.1, 0.15) is 23.4 Å². The van der Waals surface area contributed by atoms with E-state index >= 15 is 0 Å². The van der Waals surface area contributed by atoms with Crippen molar-refractivity contribution in [2.45, 2.75) is 12.8 Å².